The van der Waals surface area contributed by atoms with Crippen LogP contribution in [0.5, 0.6) is 0 Å². The van der Waals surface area contributed by atoms with E-state index in [4.69, 9.17) is 17.3 Å². The SMILES string of the molecule is NC(=O)C1CCN(C2CS(=O)(=O)CC2S(=O)(=O)c2ccc(Cl)cc2)CC1. The third kappa shape index (κ3) is 3.90. The number of likely N-dealkylation sites (tertiary alicyclic amines) is 1. The summed E-state index contributed by atoms with van der Waals surface area (Å²) in [4.78, 5) is 13.3. The van der Waals surface area contributed by atoms with E-state index in [1.54, 1.807) is 0 Å². The Morgan fingerprint density at radius 1 is 1.12 bits per heavy atom. The van der Waals surface area contributed by atoms with Gasteiger partial charge in [-0.25, -0.2) is 16.8 Å². The summed E-state index contributed by atoms with van der Waals surface area (Å²) in [6, 6.07) is 5.14. The Kier molecular flexibility index (Phi) is 5.35. The van der Waals surface area contributed by atoms with Crippen LogP contribution in [-0.2, 0) is 24.5 Å². The van der Waals surface area contributed by atoms with Crippen molar-refractivity contribution in [2.45, 2.75) is 29.0 Å². The van der Waals surface area contributed by atoms with Crippen LogP contribution in [-0.4, -0.2) is 63.5 Å². The molecule has 0 radical (unpaired) electrons. The molecule has 1 amide bonds. The normalized spacial score (nSPS) is 27.4. The van der Waals surface area contributed by atoms with Gasteiger partial charge in [-0.15, -0.1) is 0 Å². The highest BCUT2D eigenvalue weighted by atomic mass is 35.5. The molecule has 3 rings (SSSR count). The van der Waals surface area contributed by atoms with E-state index in [2.05, 4.69) is 0 Å². The monoisotopic (exact) mass is 420 g/mol. The summed E-state index contributed by atoms with van der Waals surface area (Å²) >= 11 is 5.82. The van der Waals surface area contributed by atoms with Crippen molar-refractivity contribution in [3.63, 3.8) is 0 Å². The third-order valence-corrected chi connectivity index (χ3v) is 9.60. The van der Waals surface area contributed by atoms with Crippen LogP contribution in [0.4, 0.5) is 0 Å². The fourth-order valence-corrected chi connectivity index (χ4v) is 8.70. The number of nitrogens with zero attached hydrogens (tertiary/aromatic N) is 1. The zero-order valence-corrected chi connectivity index (χ0v) is 16.4. The molecule has 10 heteroatoms. The van der Waals surface area contributed by atoms with Crippen molar-refractivity contribution in [1.82, 2.24) is 4.90 Å². The maximum Gasteiger partial charge on any atom is 0.220 e. The highest BCUT2D eigenvalue weighted by Gasteiger charge is 2.48. The molecule has 0 spiro atoms. The van der Waals surface area contributed by atoms with E-state index in [-0.39, 0.29) is 22.5 Å². The Bertz CT molecular complexity index is 891. The number of sulfone groups is 2. The fraction of sp³-hybridized carbons (Fsp3) is 0.562. The Balaban J connectivity index is 1.87. The van der Waals surface area contributed by atoms with Crippen molar-refractivity contribution in [1.29, 1.82) is 0 Å². The average molecular weight is 421 g/mol. The highest BCUT2D eigenvalue weighted by Crippen LogP contribution is 2.31. The first-order valence-corrected chi connectivity index (χ1v) is 12.1. The Hall–Kier alpha value is -1.16. The minimum Gasteiger partial charge on any atom is -0.369 e. The number of halogens is 1. The highest BCUT2D eigenvalue weighted by molar-refractivity contribution is 7.96. The molecule has 2 N–H and O–H groups in total. The van der Waals surface area contributed by atoms with Crippen molar-refractivity contribution >= 4 is 37.2 Å². The lowest BCUT2D eigenvalue weighted by molar-refractivity contribution is -0.123. The number of carbonyl (C=O) groups is 1. The lowest BCUT2D eigenvalue weighted by atomic mass is 9.95. The second kappa shape index (κ2) is 7.10. The molecule has 0 aromatic heterocycles. The van der Waals surface area contributed by atoms with Crippen molar-refractivity contribution in [2.75, 3.05) is 24.6 Å². The van der Waals surface area contributed by atoms with Gasteiger partial charge in [-0.2, -0.15) is 0 Å². The van der Waals surface area contributed by atoms with E-state index in [0.29, 0.717) is 31.0 Å². The minimum absolute atomic E-state index is 0.0704. The molecule has 2 aliphatic heterocycles. The smallest absolute Gasteiger partial charge is 0.220 e. The molecule has 26 heavy (non-hydrogen) atoms. The fourth-order valence-electron chi connectivity index (χ4n) is 3.75. The molecule has 2 heterocycles. The molecule has 2 unspecified atom stereocenters. The first-order valence-electron chi connectivity index (χ1n) is 8.33. The number of piperidine rings is 1. The number of benzene rings is 1. The number of primary amides is 1. The minimum atomic E-state index is -3.83. The summed E-state index contributed by atoms with van der Waals surface area (Å²) in [5, 5.41) is -0.619. The van der Waals surface area contributed by atoms with Crippen molar-refractivity contribution in [3.05, 3.63) is 29.3 Å². The van der Waals surface area contributed by atoms with Gasteiger partial charge in [0.1, 0.15) is 0 Å². The first-order chi connectivity index (χ1) is 12.1. The average Bonchev–Trinajstić information content (AvgIpc) is 2.92. The topological polar surface area (TPSA) is 115 Å². The molecular formula is C16H21ClN2O5S2. The van der Waals surface area contributed by atoms with Crippen LogP contribution in [0.1, 0.15) is 12.8 Å². The van der Waals surface area contributed by atoms with Crippen LogP contribution < -0.4 is 5.73 Å². The maximum absolute atomic E-state index is 13.1. The number of amides is 1. The van der Waals surface area contributed by atoms with E-state index in [0.717, 1.165) is 0 Å². The predicted octanol–water partition coefficient (Wildman–Crippen LogP) is 0.477. The molecule has 2 fully saturated rings. The van der Waals surface area contributed by atoms with Crippen LogP contribution in [0.15, 0.2) is 29.2 Å². The lowest BCUT2D eigenvalue weighted by Crippen LogP contribution is -2.50. The molecule has 1 aromatic carbocycles. The van der Waals surface area contributed by atoms with E-state index in [1.165, 1.54) is 24.3 Å². The van der Waals surface area contributed by atoms with Gasteiger partial charge in [0, 0.05) is 17.0 Å². The Morgan fingerprint density at radius 2 is 1.69 bits per heavy atom. The molecule has 0 bridgehead atoms. The van der Waals surface area contributed by atoms with Gasteiger partial charge in [0.05, 0.1) is 21.7 Å². The lowest BCUT2D eigenvalue weighted by Gasteiger charge is -2.36. The van der Waals surface area contributed by atoms with Crippen LogP contribution in [0.2, 0.25) is 5.02 Å². The van der Waals surface area contributed by atoms with Crippen molar-refractivity contribution < 1.29 is 21.6 Å². The molecule has 0 aliphatic carbocycles. The maximum atomic E-state index is 13.1. The Morgan fingerprint density at radius 3 is 2.23 bits per heavy atom. The number of rotatable bonds is 4. The van der Waals surface area contributed by atoms with E-state index >= 15 is 0 Å². The van der Waals surface area contributed by atoms with E-state index in [9.17, 15) is 21.6 Å². The molecule has 2 aliphatic rings. The Labute approximate surface area is 158 Å². The summed E-state index contributed by atoms with van der Waals surface area (Å²) in [7, 11) is -7.29. The molecular weight excluding hydrogens is 400 g/mol. The van der Waals surface area contributed by atoms with Crippen LogP contribution in [0.25, 0.3) is 0 Å². The van der Waals surface area contributed by atoms with Gasteiger partial charge < -0.3 is 5.73 Å². The summed E-state index contributed by atoms with van der Waals surface area (Å²) in [5.74, 6) is -1.19. The summed E-state index contributed by atoms with van der Waals surface area (Å²) in [6.45, 7) is 0.918. The molecule has 2 atom stereocenters. The molecule has 144 valence electrons. The van der Waals surface area contributed by atoms with Gasteiger partial charge in [-0.05, 0) is 50.2 Å². The van der Waals surface area contributed by atoms with Crippen molar-refractivity contribution in [2.24, 2.45) is 11.7 Å². The molecule has 1 aromatic rings. The zero-order valence-electron chi connectivity index (χ0n) is 14.0. The molecule has 7 nitrogen and oxygen atoms in total. The van der Waals surface area contributed by atoms with Gasteiger partial charge in [0.2, 0.25) is 5.91 Å². The number of nitrogens with two attached hydrogens (primary N) is 1. The van der Waals surface area contributed by atoms with Crippen molar-refractivity contribution in [3.8, 4) is 0 Å². The molecule has 0 saturated carbocycles. The van der Waals surface area contributed by atoms with Crippen LogP contribution in [0, 0.1) is 5.92 Å². The standard InChI is InChI=1S/C16H21ClN2O5S2/c17-12-1-3-13(4-2-12)26(23,24)15-10-25(21,22)9-14(15)19-7-5-11(6-8-19)16(18)20/h1-4,11,14-15H,5-10H2,(H2,18,20). The zero-order chi connectivity index (χ0) is 19.1. The first kappa shape index (κ1) is 19.6. The number of carbonyl (C=O) groups excluding carboxylic acids is 1. The third-order valence-electron chi connectivity index (χ3n) is 5.21. The quantitative estimate of drug-likeness (QED) is 0.757. The predicted molar refractivity (Wildman–Crippen MR) is 98.4 cm³/mol. The van der Waals surface area contributed by atoms with Gasteiger partial charge in [0.15, 0.2) is 19.7 Å². The van der Waals surface area contributed by atoms with E-state index < -0.39 is 36.7 Å². The second-order valence-corrected chi connectivity index (χ2v) is 11.7. The van der Waals surface area contributed by atoms with Crippen LogP contribution in [0.3, 0.4) is 0 Å². The summed E-state index contributed by atoms with van der Waals surface area (Å²) in [6.07, 6.45) is 1.03. The van der Waals surface area contributed by atoms with Crippen LogP contribution >= 0.6 is 11.6 Å². The van der Waals surface area contributed by atoms with E-state index in [1.807, 2.05) is 4.90 Å². The van der Waals surface area contributed by atoms with Gasteiger partial charge in [-0.3, -0.25) is 9.69 Å². The van der Waals surface area contributed by atoms with Gasteiger partial charge >= 0.3 is 0 Å². The second-order valence-electron chi connectivity index (χ2n) is 6.89. The summed E-state index contributed by atoms with van der Waals surface area (Å²) in [5.41, 5.74) is 5.33. The van der Waals surface area contributed by atoms with Gasteiger partial charge in [-0.1, -0.05) is 11.6 Å². The number of hydrogen-bond acceptors (Lipinski definition) is 6. The number of hydrogen-bond donors (Lipinski definition) is 1. The largest absolute Gasteiger partial charge is 0.369 e. The molecule has 2 saturated heterocycles. The van der Waals surface area contributed by atoms with Gasteiger partial charge in [0.25, 0.3) is 0 Å². The summed E-state index contributed by atoms with van der Waals surface area (Å²) < 4.78 is 50.5.